The number of nitrogens with zero attached hydrogens (tertiary/aromatic N) is 3. The summed E-state index contributed by atoms with van der Waals surface area (Å²) in [4.78, 5) is 8.63. The Bertz CT molecular complexity index is 592. The van der Waals surface area contributed by atoms with Crippen molar-refractivity contribution in [3.05, 3.63) is 52.4 Å². The summed E-state index contributed by atoms with van der Waals surface area (Å²) in [5.74, 6) is 0. The van der Waals surface area contributed by atoms with Gasteiger partial charge in [-0.1, -0.05) is 12.1 Å². The van der Waals surface area contributed by atoms with E-state index in [1.165, 1.54) is 0 Å². The molecule has 88 valence electrons. The lowest BCUT2D eigenvalue weighted by molar-refractivity contribution is 1.08. The molecule has 0 fully saturated rings. The van der Waals surface area contributed by atoms with Gasteiger partial charge in [0, 0.05) is 12.4 Å². The molecule has 0 saturated carbocycles. The van der Waals surface area contributed by atoms with Crippen LogP contribution in [0.5, 0.6) is 0 Å². The minimum absolute atomic E-state index is 0.858. The topological polar surface area (TPSA) is 54.5 Å². The van der Waals surface area contributed by atoms with Crippen molar-refractivity contribution in [2.45, 2.75) is 0 Å². The predicted octanol–water partition coefficient (Wildman–Crippen LogP) is 3.14. The summed E-state index contributed by atoms with van der Waals surface area (Å²) < 4.78 is 1.03. The van der Waals surface area contributed by atoms with E-state index in [-0.39, 0.29) is 0 Å². The van der Waals surface area contributed by atoms with E-state index in [2.05, 4.69) is 42.8 Å². The zero-order valence-corrected chi connectivity index (χ0v) is 11.5. The van der Waals surface area contributed by atoms with Crippen molar-refractivity contribution in [3.8, 4) is 22.8 Å². The fourth-order valence-electron chi connectivity index (χ4n) is 1.68. The molecule has 0 atom stereocenters. The molecule has 0 amide bonds. The van der Waals surface area contributed by atoms with Crippen LogP contribution in [0.25, 0.3) is 22.8 Å². The maximum absolute atomic E-state index is 4.33. The first-order valence-electron chi connectivity index (χ1n) is 5.43. The first kappa shape index (κ1) is 11.3. The summed E-state index contributed by atoms with van der Waals surface area (Å²) in [6, 6.07) is 11.6. The first-order chi connectivity index (χ1) is 8.86. The number of pyridine rings is 2. The van der Waals surface area contributed by atoms with Crippen LogP contribution in [0.15, 0.2) is 48.8 Å². The van der Waals surface area contributed by atoms with Crippen molar-refractivity contribution in [1.82, 2.24) is 20.2 Å². The molecule has 0 aliphatic carbocycles. The number of aromatic nitrogens is 4. The number of rotatable bonds is 2. The van der Waals surface area contributed by atoms with Gasteiger partial charge in [0.2, 0.25) is 0 Å². The highest BCUT2D eigenvalue weighted by atomic mass is 127. The van der Waals surface area contributed by atoms with Crippen molar-refractivity contribution >= 4 is 22.6 Å². The van der Waals surface area contributed by atoms with Gasteiger partial charge in [0.05, 0.1) is 20.7 Å². The fraction of sp³-hybridized carbons (Fsp3) is 0. The van der Waals surface area contributed by atoms with Crippen molar-refractivity contribution in [3.63, 3.8) is 0 Å². The van der Waals surface area contributed by atoms with Gasteiger partial charge in [-0.3, -0.25) is 15.1 Å². The molecular weight excluding hydrogens is 339 g/mol. The number of aromatic amines is 1. The van der Waals surface area contributed by atoms with E-state index in [1.54, 1.807) is 12.4 Å². The summed E-state index contributed by atoms with van der Waals surface area (Å²) in [5.41, 5.74) is 3.53. The molecule has 0 spiro atoms. The van der Waals surface area contributed by atoms with E-state index in [1.807, 2.05) is 36.4 Å². The molecule has 3 rings (SSSR count). The average Bonchev–Trinajstić information content (AvgIpc) is 2.83. The molecule has 0 aliphatic rings. The lowest BCUT2D eigenvalue weighted by Crippen LogP contribution is -1.86. The molecule has 4 nitrogen and oxygen atoms in total. The third kappa shape index (κ3) is 2.01. The number of nitrogens with one attached hydrogen (secondary N) is 1. The summed E-state index contributed by atoms with van der Waals surface area (Å²) in [6.45, 7) is 0. The zero-order chi connectivity index (χ0) is 12.4. The highest BCUT2D eigenvalue weighted by molar-refractivity contribution is 14.1. The minimum atomic E-state index is 0.858. The van der Waals surface area contributed by atoms with Gasteiger partial charge in [0.1, 0.15) is 5.69 Å². The maximum atomic E-state index is 4.33. The Labute approximate surface area is 118 Å². The van der Waals surface area contributed by atoms with Crippen LogP contribution in [-0.2, 0) is 0 Å². The SMILES string of the molecule is Ic1c(-c2ccccn2)n[nH]c1-c1ccccn1. The number of H-pyrrole nitrogens is 1. The minimum Gasteiger partial charge on any atom is -0.274 e. The normalized spacial score (nSPS) is 10.5. The van der Waals surface area contributed by atoms with Crippen molar-refractivity contribution in [2.75, 3.05) is 0 Å². The number of halogens is 1. The van der Waals surface area contributed by atoms with Crippen molar-refractivity contribution in [2.24, 2.45) is 0 Å². The van der Waals surface area contributed by atoms with Gasteiger partial charge in [-0.15, -0.1) is 0 Å². The average molecular weight is 348 g/mol. The van der Waals surface area contributed by atoms with Gasteiger partial charge >= 0.3 is 0 Å². The van der Waals surface area contributed by atoms with Gasteiger partial charge in [-0.25, -0.2) is 0 Å². The Balaban J connectivity index is 2.09. The predicted molar refractivity (Wildman–Crippen MR) is 77.8 cm³/mol. The van der Waals surface area contributed by atoms with E-state index >= 15 is 0 Å². The molecule has 18 heavy (non-hydrogen) atoms. The third-order valence-corrected chi connectivity index (χ3v) is 3.59. The Morgan fingerprint density at radius 3 is 2.17 bits per heavy atom. The summed E-state index contributed by atoms with van der Waals surface area (Å²) >= 11 is 2.27. The van der Waals surface area contributed by atoms with Crippen LogP contribution < -0.4 is 0 Å². The standard InChI is InChI=1S/C13H9IN4/c14-11-12(9-5-1-3-7-15-9)17-18-13(11)10-6-2-4-8-16-10/h1-8H,(H,17,18). The summed E-state index contributed by atoms with van der Waals surface area (Å²) in [6.07, 6.45) is 3.53. The van der Waals surface area contributed by atoms with Gasteiger partial charge in [0.15, 0.2) is 0 Å². The molecule has 1 N–H and O–H groups in total. The van der Waals surface area contributed by atoms with E-state index in [0.29, 0.717) is 0 Å². The molecule has 3 aromatic rings. The highest BCUT2D eigenvalue weighted by Gasteiger charge is 2.14. The van der Waals surface area contributed by atoms with Crippen LogP contribution in [0.3, 0.4) is 0 Å². The molecule has 0 radical (unpaired) electrons. The molecule has 5 heteroatoms. The molecule has 0 aliphatic heterocycles. The third-order valence-electron chi connectivity index (χ3n) is 2.54. The van der Waals surface area contributed by atoms with Gasteiger partial charge in [-0.2, -0.15) is 5.10 Å². The molecule has 0 aromatic carbocycles. The van der Waals surface area contributed by atoms with Gasteiger partial charge < -0.3 is 0 Å². The number of hydrogen-bond donors (Lipinski definition) is 1. The maximum Gasteiger partial charge on any atom is 0.124 e. The van der Waals surface area contributed by atoms with Crippen LogP contribution in [0.4, 0.5) is 0 Å². The number of hydrogen-bond acceptors (Lipinski definition) is 3. The monoisotopic (exact) mass is 348 g/mol. The van der Waals surface area contributed by atoms with Crippen LogP contribution >= 0.6 is 22.6 Å². The lowest BCUT2D eigenvalue weighted by Gasteiger charge is -1.98. The Morgan fingerprint density at radius 1 is 0.889 bits per heavy atom. The highest BCUT2D eigenvalue weighted by Crippen LogP contribution is 2.28. The Morgan fingerprint density at radius 2 is 1.56 bits per heavy atom. The molecule has 0 unspecified atom stereocenters. The van der Waals surface area contributed by atoms with Crippen LogP contribution in [0, 0.1) is 3.57 Å². The zero-order valence-electron chi connectivity index (χ0n) is 9.34. The molecular formula is C13H9IN4. The van der Waals surface area contributed by atoms with Gasteiger partial charge in [0.25, 0.3) is 0 Å². The second-order valence-electron chi connectivity index (χ2n) is 3.69. The Kier molecular flexibility index (Phi) is 3.06. The molecule has 3 heterocycles. The van der Waals surface area contributed by atoms with E-state index < -0.39 is 0 Å². The first-order valence-corrected chi connectivity index (χ1v) is 6.51. The van der Waals surface area contributed by atoms with Gasteiger partial charge in [-0.05, 0) is 46.9 Å². The summed E-state index contributed by atoms with van der Waals surface area (Å²) in [7, 11) is 0. The summed E-state index contributed by atoms with van der Waals surface area (Å²) in [5, 5.41) is 7.36. The second-order valence-corrected chi connectivity index (χ2v) is 4.77. The molecule has 3 aromatic heterocycles. The lowest BCUT2D eigenvalue weighted by atomic mass is 10.2. The molecule has 0 bridgehead atoms. The van der Waals surface area contributed by atoms with Crippen molar-refractivity contribution in [1.29, 1.82) is 0 Å². The van der Waals surface area contributed by atoms with Crippen molar-refractivity contribution < 1.29 is 0 Å². The smallest absolute Gasteiger partial charge is 0.124 e. The van der Waals surface area contributed by atoms with Crippen LogP contribution in [-0.4, -0.2) is 20.2 Å². The second kappa shape index (κ2) is 4.85. The van der Waals surface area contributed by atoms with E-state index in [9.17, 15) is 0 Å². The van der Waals surface area contributed by atoms with Crippen LogP contribution in [0.1, 0.15) is 0 Å². The largest absolute Gasteiger partial charge is 0.274 e. The molecule has 0 saturated heterocycles. The van der Waals surface area contributed by atoms with Crippen LogP contribution in [0.2, 0.25) is 0 Å². The van der Waals surface area contributed by atoms with E-state index in [4.69, 9.17) is 0 Å². The fourth-order valence-corrected chi connectivity index (χ4v) is 2.48. The van der Waals surface area contributed by atoms with E-state index in [0.717, 1.165) is 26.3 Å². The Hall–Kier alpha value is -1.76. The quantitative estimate of drug-likeness (QED) is 0.724.